The standard InChI is InChI=1S/C19H16N4O3/c24-23(25)17-8-11-19(20-13-17)22-21-12-15-6-9-18(10-7-15)26-14-16-4-2-1-3-5-16/h1-13H,14H2,(H,20,22)/b21-12-. The molecule has 7 nitrogen and oxygen atoms in total. The summed E-state index contributed by atoms with van der Waals surface area (Å²) in [7, 11) is 0. The highest BCUT2D eigenvalue weighted by atomic mass is 16.6. The van der Waals surface area contributed by atoms with E-state index in [1.54, 1.807) is 6.21 Å². The van der Waals surface area contributed by atoms with Crippen LogP contribution in [0.3, 0.4) is 0 Å². The van der Waals surface area contributed by atoms with Crippen molar-refractivity contribution in [3.05, 3.63) is 94.2 Å². The van der Waals surface area contributed by atoms with Gasteiger partial charge in [-0.15, -0.1) is 0 Å². The summed E-state index contributed by atoms with van der Waals surface area (Å²) in [6.07, 6.45) is 2.81. The van der Waals surface area contributed by atoms with Gasteiger partial charge in [-0.3, -0.25) is 15.5 Å². The van der Waals surface area contributed by atoms with Gasteiger partial charge in [-0.05, 0) is 41.5 Å². The molecular formula is C19H16N4O3. The van der Waals surface area contributed by atoms with Crippen molar-refractivity contribution in [2.75, 3.05) is 5.43 Å². The molecule has 0 aliphatic heterocycles. The van der Waals surface area contributed by atoms with Crippen LogP contribution in [-0.4, -0.2) is 16.1 Å². The van der Waals surface area contributed by atoms with E-state index < -0.39 is 4.92 Å². The zero-order valence-electron chi connectivity index (χ0n) is 13.8. The molecule has 7 heteroatoms. The summed E-state index contributed by atoms with van der Waals surface area (Å²) in [5, 5.41) is 14.6. The Labute approximate surface area is 150 Å². The molecule has 0 radical (unpaired) electrons. The number of ether oxygens (including phenoxy) is 1. The molecule has 130 valence electrons. The first kappa shape index (κ1) is 17.1. The lowest BCUT2D eigenvalue weighted by Crippen LogP contribution is -1.96. The van der Waals surface area contributed by atoms with E-state index in [0.29, 0.717) is 12.4 Å². The molecule has 0 unspecified atom stereocenters. The Morgan fingerprint density at radius 1 is 1.08 bits per heavy atom. The minimum Gasteiger partial charge on any atom is -0.489 e. The van der Waals surface area contributed by atoms with Crippen LogP contribution >= 0.6 is 0 Å². The summed E-state index contributed by atoms with van der Waals surface area (Å²) in [5.74, 6) is 1.20. The van der Waals surface area contributed by atoms with E-state index >= 15 is 0 Å². The van der Waals surface area contributed by atoms with Crippen molar-refractivity contribution >= 4 is 17.7 Å². The molecule has 0 aliphatic carbocycles. The van der Waals surface area contributed by atoms with Gasteiger partial charge in [0.15, 0.2) is 0 Å². The molecule has 0 atom stereocenters. The number of benzene rings is 2. The van der Waals surface area contributed by atoms with Crippen LogP contribution in [0.5, 0.6) is 5.75 Å². The zero-order chi connectivity index (χ0) is 18.2. The van der Waals surface area contributed by atoms with E-state index in [4.69, 9.17) is 4.74 Å². The van der Waals surface area contributed by atoms with E-state index in [1.165, 1.54) is 18.3 Å². The first-order valence-electron chi connectivity index (χ1n) is 7.87. The number of hydrogen-bond acceptors (Lipinski definition) is 6. The highest BCUT2D eigenvalue weighted by Gasteiger charge is 2.04. The van der Waals surface area contributed by atoms with E-state index in [-0.39, 0.29) is 5.69 Å². The molecule has 0 bridgehead atoms. The average molecular weight is 348 g/mol. The molecule has 2 aromatic carbocycles. The van der Waals surface area contributed by atoms with Gasteiger partial charge in [0.25, 0.3) is 5.69 Å². The Balaban J connectivity index is 1.52. The van der Waals surface area contributed by atoms with Gasteiger partial charge < -0.3 is 4.74 Å². The third-order valence-corrected chi connectivity index (χ3v) is 3.48. The minimum absolute atomic E-state index is 0.0642. The highest BCUT2D eigenvalue weighted by Crippen LogP contribution is 2.14. The van der Waals surface area contributed by atoms with Gasteiger partial charge in [0.05, 0.1) is 11.1 Å². The lowest BCUT2D eigenvalue weighted by Gasteiger charge is -2.06. The second kappa shape index (κ2) is 8.39. The number of pyridine rings is 1. The second-order valence-corrected chi connectivity index (χ2v) is 5.37. The summed E-state index contributed by atoms with van der Waals surface area (Å²) in [4.78, 5) is 14.0. The molecule has 0 fully saturated rings. The van der Waals surface area contributed by atoms with E-state index in [2.05, 4.69) is 15.5 Å². The number of nitro groups is 1. The summed E-state index contributed by atoms with van der Waals surface area (Å²) < 4.78 is 5.73. The fraction of sp³-hybridized carbons (Fsp3) is 0.0526. The quantitative estimate of drug-likeness (QED) is 0.396. The van der Waals surface area contributed by atoms with Gasteiger partial charge in [0, 0.05) is 6.07 Å². The van der Waals surface area contributed by atoms with Crippen LogP contribution in [-0.2, 0) is 6.61 Å². The molecule has 3 rings (SSSR count). The van der Waals surface area contributed by atoms with E-state index in [0.717, 1.165) is 16.9 Å². The molecule has 0 saturated heterocycles. The number of aromatic nitrogens is 1. The maximum absolute atomic E-state index is 10.6. The number of hydrazone groups is 1. The molecule has 0 spiro atoms. The maximum atomic E-state index is 10.6. The van der Waals surface area contributed by atoms with Crippen LogP contribution < -0.4 is 10.2 Å². The Morgan fingerprint density at radius 3 is 2.50 bits per heavy atom. The van der Waals surface area contributed by atoms with Crippen molar-refractivity contribution < 1.29 is 9.66 Å². The molecule has 3 aromatic rings. The van der Waals surface area contributed by atoms with Crippen LogP contribution in [0.4, 0.5) is 11.5 Å². The normalized spacial score (nSPS) is 10.6. The molecule has 0 aliphatic rings. The van der Waals surface area contributed by atoms with Crippen LogP contribution in [0.2, 0.25) is 0 Å². The van der Waals surface area contributed by atoms with Gasteiger partial charge in [-0.25, -0.2) is 4.98 Å². The lowest BCUT2D eigenvalue weighted by molar-refractivity contribution is -0.385. The molecule has 1 N–H and O–H groups in total. The molecule has 1 heterocycles. The number of rotatable bonds is 7. The summed E-state index contributed by atoms with van der Waals surface area (Å²) in [6.45, 7) is 0.516. The third-order valence-electron chi connectivity index (χ3n) is 3.48. The fourth-order valence-electron chi connectivity index (χ4n) is 2.12. The summed E-state index contributed by atoms with van der Waals surface area (Å²) in [5.41, 5.74) is 4.65. The first-order chi connectivity index (χ1) is 12.7. The lowest BCUT2D eigenvalue weighted by atomic mass is 10.2. The average Bonchev–Trinajstić information content (AvgIpc) is 2.68. The fourth-order valence-corrected chi connectivity index (χ4v) is 2.12. The summed E-state index contributed by atoms with van der Waals surface area (Å²) in [6, 6.07) is 20.3. The van der Waals surface area contributed by atoms with Gasteiger partial charge in [-0.2, -0.15) is 5.10 Å². The predicted molar refractivity (Wildman–Crippen MR) is 99.3 cm³/mol. The number of nitrogens with one attached hydrogen (secondary N) is 1. The number of hydrogen-bond donors (Lipinski definition) is 1. The first-order valence-corrected chi connectivity index (χ1v) is 7.87. The summed E-state index contributed by atoms with van der Waals surface area (Å²) >= 11 is 0. The van der Waals surface area contributed by atoms with E-state index in [1.807, 2.05) is 54.6 Å². The number of nitrogens with zero attached hydrogens (tertiary/aromatic N) is 3. The Hall–Kier alpha value is -3.74. The van der Waals surface area contributed by atoms with Crippen molar-refractivity contribution in [1.29, 1.82) is 0 Å². The molecule has 1 aromatic heterocycles. The molecule has 0 saturated carbocycles. The maximum Gasteiger partial charge on any atom is 0.287 e. The zero-order valence-corrected chi connectivity index (χ0v) is 13.8. The predicted octanol–water partition coefficient (Wildman–Crippen LogP) is 4.01. The Kier molecular flexibility index (Phi) is 5.51. The molecular weight excluding hydrogens is 332 g/mol. The monoisotopic (exact) mass is 348 g/mol. The SMILES string of the molecule is O=[N+]([O-])c1ccc(N/N=C\c2ccc(OCc3ccccc3)cc2)nc1. The van der Waals surface area contributed by atoms with Crippen LogP contribution in [0.15, 0.2) is 78.0 Å². The van der Waals surface area contributed by atoms with Crippen LogP contribution in [0, 0.1) is 10.1 Å². The Bertz CT molecular complexity index is 879. The van der Waals surface area contributed by atoms with Crippen molar-refractivity contribution in [2.45, 2.75) is 6.61 Å². The highest BCUT2D eigenvalue weighted by molar-refractivity contribution is 5.80. The van der Waals surface area contributed by atoms with Gasteiger partial charge >= 0.3 is 0 Å². The smallest absolute Gasteiger partial charge is 0.287 e. The topological polar surface area (TPSA) is 89.7 Å². The van der Waals surface area contributed by atoms with Crippen LogP contribution in [0.1, 0.15) is 11.1 Å². The van der Waals surface area contributed by atoms with Crippen LogP contribution in [0.25, 0.3) is 0 Å². The third kappa shape index (κ3) is 4.88. The molecule has 26 heavy (non-hydrogen) atoms. The Morgan fingerprint density at radius 2 is 1.85 bits per heavy atom. The van der Waals surface area contributed by atoms with Crippen molar-refractivity contribution in [3.63, 3.8) is 0 Å². The van der Waals surface area contributed by atoms with Gasteiger partial charge in [0.2, 0.25) is 0 Å². The van der Waals surface area contributed by atoms with E-state index in [9.17, 15) is 10.1 Å². The van der Waals surface area contributed by atoms with Gasteiger partial charge in [-0.1, -0.05) is 30.3 Å². The van der Waals surface area contributed by atoms with Crippen molar-refractivity contribution in [3.8, 4) is 5.75 Å². The van der Waals surface area contributed by atoms with Crippen molar-refractivity contribution in [2.24, 2.45) is 5.10 Å². The second-order valence-electron chi connectivity index (χ2n) is 5.37. The largest absolute Gasteiger partial charge is 0.489 e. The number of anilines is 1. The molecule has 0 amide bonds. The van der Waals surface area contributed by atoms with Crippen molar-refractivity contribution in [1.82, 2.24) is 4.98 Å². The minimum atomic E-state index is -0.499. The van der Waals surface area contributed by atoms with Gasteiger partial charge in [0.1, 0.15) is 24.4 Å².